The summed E-state index contributed by atoms with van der Waals surface area (Å²) < 4.78 is 0. The number of hydrogen-bond acceptors (Lipinski definition) is 1. The predicted molar refractivity (Wildman–Crippen MR) is 86.6 cm³/mol. The molecule has 1 saturated carbocycles. The standard InChI is InChI=1S/C18H37N/c1-5-15-19-17(13-14-18(2,3)4)12-11-16-9-7-6-8-10-16/h16-17,19H,5-15H2,1-4H3. The van der Waals surface area contributed by atoms with Crippen LogP contribution in [0.4, 0.5) is 0 Å². The third-order valence-electron chi connectivity index (χ3n) is 4.57. The van der Waals surface area contributed by atoms with Crippen LogP contribution in [-0.4, -0.2) is 12.6 Å². The molecule has 1 N–H and O–H groups in total. The smallest absolute Gasteiger partial charge is 0.00673 e. The minimum absolute atomic E-state index is 0.483. The average molecular weight is 268 g/mol. The lowest BCUT2D eigenvalue weighted by Gasteiger charge is -2.27. The molecule has 1 aliphatic rings. The second-order valence-corrected chi connectivity index (χ2v) is 7.83. The lowest BCUT2D eigenvalue weighted by molar-refractivity contribution is 0.285. The Labute approximate surface area is 121 Å². The molecule has 19 heavy (non-hydrogen) atoms. The SMILES string of the molecule is CCCNC(CCC1CCCCC1)CCC(C)(C)C. The zero-order chi connectivity index (χ0) is 14.1. The van der Waals surface area contributed by atoms with E-state index in [1.807, 2.05) is 0 Å². The van der Waals surface area contributed by atoms with Crippen LogP contribution in [0.2, 0.25) is 0 Å². The Bertz CT molecular complexity index is 210. The second-order valence-electron chi connectivity index (χ2n) is 7.83. The van der Waals surface area contributed by atoms with Gasteiger partial charge in [-0.3, -0.25) is 0 Å². The summed E-state index contributed by atoms with van der Waals surface area (Å²) in [4.78, 5) is 0. The highest BCUT2D eigenvalue weighted by Gasteiger charge is 2.18. The maximum atomic E-state index is 3.78. The molecule has 0 aromatic heterocycles. The minimum atomic E-state index is 0.483. The van der Waals surface area contributed by atoms with Crippen LogP contribution in [0.5, 0.6) is 0 Å². The summed E-state index contributed by atoms with van der Waals surface area (Å²) in [5.74, 6) is 1.04. The van der Waals surface area contributed by atoms with Crippen LogP contribution in [0.1, 0.15) is 91.9 Å². The van der Waals surface area contributed by atoms with Gasteiger partial charge in [-0.1, -0.05) is 59.8 Å². The van der Waals surface area contributed by atoms with E-state index in [0.717, 1.165) is 12.0 Å². The molecule has 0 saturated heterocycles. The molecule has 1 rings (SSSR count). The van der Waals surface area contributed by atoms with Crippen molar-refractivity contribution >= 4 is 0 Å². The van der Waals surface area contributed by atoms with Gasteiger partial charge in [-0.15, -0.1) is 0 Å². The first-order valence-corrected chi connectivity index (χ1v) is 8.74. The maximum Gasteiger partial charge on any atom is 0.00673 e. The summed E-state index contributed by atoms with van der Waals surface area (Å²) in [6.45, 7) is 10.6. The van der Waals surface area contributed by atoms with Gasteiger partial charge in [-0.25, -0.2) is 0 Å². The van der Waals surface area contributed by atoms with Gasteiger partial charge in [0.1, 0.15) is 0 Å². The molecule has 0 bridgehead atoms. The molecule has 1 unspecified atom stereocenters. The first-order valence-electron chi connectivity index (χ1n) is 8.74. The van der Waals surface area contributed by atoms with E-state index in [1.165, 1.54) is 70.8 Å². The van der Waals surface area contributed by atoms with Crippen molar-refractivity contribution in [2.24, 2.45) is 11.3 Å². The molecule has 0 heterocycles. The van der Waals surface area contributed by atoms with Crippen molar-refractivity contribution in [3.63, 3.8) is 0 Å². The molecule has 0 amide bonds. The summed E-state index contributed by atoms with van der Waals surface area (Å²) >= 11 is 0. The van der Waals surface area contributed by atoms with E-state index in [1.54, 1.807) is 0 Å². The van der Waals surface area contributed by atoms with Gasteiger partial charge in [-0.2, -0.15) is 0 Å². The van der Waals surface area contributed by atoms with Crippen molar-refractivity contribution in [1.82, 2.24) is 5.32 Å². The van der Waals surface area contributed by atoms with Crippen molar-refractivity contribution in [2.75, 3.05) is 6.54 Å². The zero-order valence-electron chi connectivity index (χ0n) is 13.9. The molecule has 1 nitrogen and oxygen atoms in total. The molecule has 0 aromatic rings. The van der Waals surface area contributed by atoms with E-state index in [-0.39, 0.29) is 0 Å². The molecule has 0 aliphatic heterocycles. The quantitative estimate of drug-likeness (QED) is 0.608. The van der Waals surface area contributed by atoms with Crippen molar-refractivity contribution in [2.45, 2.75) is 97.9 Å². The van der Waals surface area contributed by atoms with Crippen molar-refractivity contribution in [3.8, 4) is 0 Å². The fourth-order valence-electron chi connectivity index (χ4n) is 3.22. The van der Waals surface area contributed by atoms with Crippen molar-refractivity contribution < 1.29 is 0 Å². The number of nitrogens with one attached hydrogen (secondary N) is 1. The molecular weight excluding hydrogens is 230 g/mol. The Balaban J connectivity index is 2.26. The van der Waals surface area contributed by atoms with Gasteiger partial charge in [-0.05, 0) is 50.0 Å². The first-order chi connectivity index (χ1) is 9.01. The molecule has 1 heteroatoms. The Morgan fingerprint density at radius 3 is 2.32 bits per heavy atom. The fraction of sp³-hybridized carbons (Fsp3) is 1.00. The van der Waals surface area contributed by atoms with Gasteiger partial charge >= 0.3 is 0 Å². The molecule has 1 atom stereocenters. The predicted octanol–water partition coefficient (Wildman–Crippen LogP) is 5.54. The molecule has 1 fully saturated rings. The third kappa shape index (κ3) is 8.68. The van der Waals surface area contributed by atoms with E-state index < -0.39 is 0 Å². The summed E-state index contributed by atoms with van der Waals surface area (Å²) in [6.07, 6.45) is 14.3. The highest BCUT2D eigenvalue weighted by molar-refractivity contribution is 4.74. The van der Waals surface area contributed by atoms with Gasteiger partial charge in [0.15, 0.2) is 0 Å². The highest BCUT2D eigenvalue weighted by atomic mass is 14.9. The van der Waals surface area contributed by atoms with Gasteiger partial charge in [0.25, 0.3) is 0 Å². The number of hydrogen-bond donors (Lipinski definition) is 1. The van der Waals surface area contributed by atoms with Crippen LogP contribution >= 0.6 is 0 Å². The maximum absolute atomic E-state index is 3.78. The van der Waals surface area contributed by atoms with Crippen LogP contribution in [0.25, 0.3) is 0 Å². The second kappa shape index (κ2) is 9.00. The van der Waals surface area contributed by atoms with E-state index in [9.17, 15) is 0 Å². The molecule has 0 radical (unpaired) electrons. The summed E-state index contributed by atoms with van der Waals surface area (Å²) in [5, 5.41) is 3.78. The minimum Gasteiger partial charge on any atom is -0.314 e. The molecule has 0 spiro atoms. The Morgan fingerprint density at radius 2 is 1.74 bits per heavy atom. The van der Waals surface area contributed by atoms with Crippen LogP contribution in [-0.2, 0) is 0 Å². The van der Waals surface area contributed by atoms with Crippen LogP contribution in [0, 0.1) is 11.3 Å². The molecule has 1 aliphatic carbocycles. The Morgan fingerprint density at radius 1 is 1.05 bits per heavy atom. The average Bonchev–Trinajstić information content (AvgIpc) is 2.38. The van der Waals surface area contributed by atoms with E-state index in [2.05, 4.69) is 33.0 Å². The lowest BCUT2D eigenvalue weighted by atomic mass is 9.83. The van der Waals surface area contributed by atoms with Crippen molar-refractivity contribution in [3.05, 3.63) is 0 Å². The van der Waals surface area contributed by atoms with Crippen molar-refractivity contribution in [1.29, 1.82) is 0 Å². The summed E-state index contributed by atoms with van der Waals surface area (Å²) in [6, 6.07) is 0.765. The lowest BCUT2D eigenvalue weighted by Crippen LogP contribution is -2.31. The first kappa shape index (κ1) is 17.0. The topological polar surface area (TPSA) is 12.0 Å². The zero-order valence-corrected chi connectivity index (χ0v) is 13.9. The van der Waals surface area contributed by atoms with Gasteiger partial charge < -0.3 is 5.32 Å². The normalized spacial score (nSPS) is 19.6. The van der Waals surface area contributed by atoms with Gasteiger partial charge in [0.05, 0.1) is 0 Å². The molecule has 0 aromatic carbocycles. The van der Waals surface area contributed by atoms with Gasteiger partial charge in [0, 0.05) is 6.04 Å². The monoisotopic (exact) mass is 267 g/mol. The van der Waals surface area contributed by atoms with Crippen LogP contribution in [0.3, 0.4) is 0 Å². The Hall–Kier alpha value is -0.0400. The van der Waals surface area contributed by atoms with E-state index >= 15 is 0 Å². The molecule has 114 valence electrons. The Kier molecular flexibility index (Phi) is 8.06. The summed E-state index contributed by atoms with van der Waals surface area (Å²) in [7, 11) is 0. The fourth-order valence-corrected chi connectivity index (χ4v) is 3.22. The van der Waals surface area contributed by atoms with Crippen LogP contribution in [0.15, 0.2) is 0 Å². The largest absolute Gasteiger partial charge is 0.314 e. The third-order valence-corrected chi connectivity index (χ3v) is 4.57. The van der Waals surface area contributed by atoms with Gasteiger partial charge in [0.2, 0.25) is 0 Å². The number of rotatable bonds is 8. The van der Waals surface area contributed by atoms with Crippen LogP contribution < -0.4 is 5.32 Å². The molecular formula is C18H37N. The summed E-state index contributed by atoms with van der Waals surface area (Å²) in [5.41, 5.74) is 0.483. The van der Waals surface area contributed by atoms with E-state index in [4.69, 9.17) is 0 Å². The van der Waals surface area contributed by atoms with E-state index in [0.29, 0.717) is 5.41 Å². The highest BCUT2D eigenvalue weighted by Crippen LogP contribution is 2.29.